The van der Waals surface area contributed by atoms with Gasteiger partial charge in [0.2, 0.25) is 0 Å². The van der Waals surface area contributed by atoms with Crippen molar-refractivity contribution in [2.24, 2.45) is 0 Å². The molecule has 9 heteroatoms. The van der Waals surface area contributed by atoms with Crippen molar-refractivity contribution in [1.29, 1.82) is 0 Å². The molecule has 21 heavy (non-hydrogen) atoms. The normalized spacial score (nSPS) is 11.2. The molecule has 2 aromatic carbocycles. The minimum Gasteiger partial charge on any atom is -0.481 e. The maximum absolute atomic E-state index is 13.9. The van der Waals surface area contributed by atoms with Gasteiger partial charge in [-0.3, -0.25) is 4.79 Å². The molecule has 0 aliphatic rings. The molecular formula is C12H3F7O2. The average Bonchev–Trinajstić information content (AvgIpc) is 2.42. The Labute approximate surface area is 111 Å². The van der Waals surface area contributed by atoms with Crippen molar-refractivity contribution in [2.45, 2.75) is 6.42 Å². The second-order valence-corrected chi connectivity index (χ2v) is 4.00. The molecule has 1 N–H and O–H groups in total. The number of aliphatic carboxylic acids is 1. The van der Waals surface area contributed by atoms with Gasteiger partial charge in [-0.2, -0.15) is 0 Å². The highest BCUT2D eigenvalue weighted by molar-refractivity contribution is 5.87. The van der Waals surface area contributed by atoms with Gasteiger partial charge in [0.25, 0.3) is 0 Å². The zero-order chi connectivity index (χ0) is 16.1. The molecule has 0 saturated carbocycles. The van der Waals surface area contributed by atoms with Crippen LogP contribution in [0.25, 0.3) is 10.8 Å². The van der Waals surface area contributed by atoms with Crippen molar-refractivity contribution in [2.75, 3.05) is 0 Å². The summed E-state index contributed by atoms with van der Waals surface area (Å²) in [5.74, 6) is -17.6. The fraction of sp³-hybridized carbons (Fsp3) is 0.0833. The molecule has 0 aliphatic carbocycles. The second kappa shape index (κ2) is 4.90. The number of carboxylic acid groups (broad SMARTS) is 1. The van der Waals surface area contributed by atoms with Gasteiger partial charge in [0, 0.05) is 5.56 Å². The van der Waals surface area contributed by atoms with Gasteiger partial charge in [-0.05, 0) is 0 Å². The molecule has 0 spiro atoms. The molecule has 0 saturated heterocycles. The Hall–Kier alpha value is -2.32. The fourth-order valence-corrected chi connectivity index (χ4v) is 1.84. The molecule has 112 valence electrons. The van der Waals surface area contributed by atoms with Crippen LogP contribution in [0.5, 0.6) is 0 Å². The molecule has 0 bridgehead atoms. The number of fused-ring (bicyclic) bond motifs is 1. The molecule has 2 rings (SSSR count). The van der Waals surface area contributed by atoms with Crippen LogP contribution in [0.4, 0.5) is 30.7 Å². The Morgan fingerprint density at radius 2 is 1.05 bits per heavy atom. The molecular weight excluding hydrogens is 309 g/mol. The van der Waals surface area contributed by atoms with Gasteiger partial charge < -0.3 is 5.11 Å². The molecule has 0 unspecified atom stereocenters. The van der Waals surface area contributed by atoms with Crippen molar-refractivity contribution < 1.29 is 40.6 Å². The third kappa shape index (κ3) is 2.08. The molecule has 2 aromatic rings. The predicted molar refractivity (Wildman–Crippen MR) is 55.0 cm³/mol. The fourth-order valence-electron chi connectivity index (χ4n) is 1.84. The third-order valence-electron chi connectivity index (χ3n) is 2.76. The number of hydrogen-bond acceptors (Lipinski definition) is 1. The van der Waals surface area contributed by atoms with Gasteiger partial charge in [0.15, 0.2) is 34.9 Å². The van der Waals surface area contributed by atoms with Crippen LogP contribution in [-0.2, 0) is 11.2 Å². The van der Waals surface area contributed by atoms with Crippen LogP contribution in [0.15, 0.2) is 0 Å². The molecule has 0 radical (unpaired) electrons. The minimum absolute atomic E-state index is 1.40. The Morgan fingerprint density at radius 1 is 0.667 bits per heavy atom. The molecule has 0 aromatic heterocycles. The standard InChI is InChI=1S/C12H3F7O2/c13-6-2(1-3(20)21)7(14)8(15)5-4(6)9(16)11(18)12(19)10(5)17/h1H2,(H,20,21). The summed E-state index contributed by atoms with van der Waals surface area (Å²) < 4.78 is 93.9. The summed E-state index contributed by atoms with van der Waals surface area (Å²) in [7, 11) is 0. The van der Waals surface area contributed by atoms with Crippen LogP contribution >= 0.6 is 0 Å². The Balaban J connectivity index is 3.07. The van der Waals surface area contributed by atoms with Crippen molar-refractivity contribution >= 4 is 16.7 Å². The highest BCUT2D eigenvalue weighted by Crippen LogP contribution is 2.34. The highest BCUT2D eigenvalue weighted by Gasteiger charge is 2.30. The summed E-state index contributed by atoms with van der Waals surface area (Å²) >= 11 is 0. The van der Waals surface area contributed by atoms with Crippen molar-refractivity contribution in [1.82, 2.24) is 0 Å². The maximum Gasteiger partial charge on any atom is 0.308 e. The molecule has 0 amide bonds. The predicted octanol–water partition coefficient (Wildman–Crippen LogP) is 3.44. The summed E-state index contributed by atoms with van der Waals surface area (Å²) in [5, 5.41) is 4.98. The van der Waals surface area contributed by atoms with E-state index >= 15 is 0 Å². The third-order valence-corrected chi connectivity index (χ3v) is 2.76. The quantitative estimate of drug-likeness (QED) is 0.524. The van der Waals surface area contributed by atoms with Crippen LogP contribution in [0.3, 0.4) is 0 Å². The Kier molecular flexibility index (Phi) is 3.52. The van der Waals surface area contributed by atoms with Gasteiger partial charge >= 0.3 is 5.97 Å². The van der Waals surface area contributed by atoms with E-state index in [1.54, 1.807) is 0 Å². The number of carboxylic acids is 1. The van der Waals surface area contributed by atoms with Gasteiger partial charge in [-0.25, -0.2) is 30.7 Å². The van der Waals surface area contributed by atoms with E-state index in [1.807, 2.05) is 0 Å². The van der Waals surface area contributed by atoms with Crippen LogP contribution in [0.1, 0.15) is 5.56 Å². The first-order valence-electron chi connectivity index (χ1n) is 5.21. The number of hydrogen-bond donors (Lipinski definition) is 1. The molecule has 0 aliphatic heterocycles. The van der Waals surface area contributed by atoms with E-state index in [0.717, 1.165) is 0 Å². The van der Waals surface area contributed by atoms with Gasteiger partial charge in [0.1, 0.15) is 5.82 Å². The largest absolute Gasteiger partial charge is 0.481 e. The van der Waals surface area contributed by atoms with Gasteiger partial charge in [-0.1, -0.05) is 0 Å². The van der Waals surface area contributed by atoms with Gasteiger partial charge in [-0.15, -0.1) is 0 Å². The lowest BCUT2D eigenvalue weighted by Crippen LogP contribution is -2.11. The van der Waals surface area contributed by atoms with E-state index < -0.39 is 69.4 Å². The zero-order valence-electron chi connectivity index (χ0n) is 9.71. The summed E-state index contributed by atoms with van der Waals surface area (Å²) in [6.07, 6.45) is -1.40. The topological polar surface area (TPSA) is 37.3 Å². The first kappa shape index (κ1) is 15.1. The Morgan fingerprint density at radius 3 is 1.48 bits per heavy atom. The number of rotatable bonds is 2. The molecule has 0 atom stereocenters. The van der Waals surface area contributed by atoms with E-state index in [4.69, 9.17) is 5.11 Å². The van der Waals surface area contributed by atoms with Crippen LogP contribution in [0, 0.1) is 40.7 Å². The first-order chi connectivity index (χ1) is 9.68. The monoisotopic (exact) mass is 312 g/mol. The van der Waals surface area contributed by atoms with Crippen LogP contribution in [-0.4, -0.2) is 11.1 Å². The Bertz CT molecular complexity index is 786. The van der Waals surface area contributed by atoms with Crippen molar-refractivity contribution in [3.63, 3.8) is 0 Å². The maximum atomic E-state index is 13.9. The van der Waals surface area contributed by atoms with E-state index in [0.29, 0.717) is 0 Å². The summed E-state index contributed by atoms with van der Waals surface area (Å²) in [6, 6.07) is 0. The van der Waals surface area contributed by atoms with E-state index in [1.165, 1.54) is 0 Å². The highest BCUT2D eigenvalue weighted by atomic mass is 19.2. The average molecular weight is 312 g/mol. The van der Waals surface area contributed by atoms with Crippen molar-refractivity contribution in [3.05, 3.63) is 46.3 Å². The summed E-state index contributed by atoms with van der Waals surface area (Å²) in [4.78, 5) is 10.4. The number of benzene rings is 2. The zero-order valence-corrected chi connectivity index (χ0v) is 9.71. The van der Waals surface area contributed by atoms with Crippen LogP contribution in [0.2, 0.25) is 0 Å². The summed E-state index contributed by atoms with van der Waals surface area (Å²) in [5.41, 5.74) is -1.43. The number of halogens is 7. The van der Waals surface area contributed by atoms with Gasteiger partial charge in [0.05, 0.1) is 17.2 Å². The van der Waals surface area contributed by atoms with E-state index in [-0.39, 0.29) is 0 Å². The number of carbonyl (C=O) groups is 1. The lowest BCUT2D eigenvalue weighted by molar-refractivity contribution is -0.136. The molecule has 0 heterocycles. The van der Waals surface area contributed by atoms with E-state index in [9.17, 15) is 35.5 Å². The first-order valence-corrected chi connectivity index (χ1v) is 5.21. The van der Waals surface area contributed by atoms with Crippen molar-refractivity contribution in [3.8, 4) is 0 Å². The second-order valence-electron chi connectivity index (χ2n) is 4.00. The van der Waals surface area contributed by atoms with E-state index in [2.05, 4.69) is 0 Å². The molecule has 2 nitrogen and oxygen atoms in total. The lowest BCUT2D eigenvalue weighted by atomic mass is 10.0. The minimum atomic E-state index is -2.44. The smallest absolute Gasteiger partial charge is 0.308 e. The SMILES string of the molecule is O=C(O)Cc1c(F)c(F)c2c(F)c(F)c(F)c(F)c2c1F. The van der Waals surface area contributed by atoms with Crippen LogP contribution < -0.4 is 0 Å². The molecule has 0 fully saturated rings. The summed E-state index contributed by atoms with van der Waals surface area (Å²) in [6.45, 7) is 0. The lowest BCUT2D eigenvalue weighted by Gasteiger charge is -2.11.